The van der Waals surface area contributed by atoms with Crippen LogP contribution in [-0.2, 0) is 9.59 Å². The van der Waals surface area contributed by atoms with Crippen LogP contribution in [0.15, 0.2) is 0 Å². The van der Waals surface area contributed by atoms with Crippen molar-refractivity contribution in [3.05, 3.63) is 0 Å². The third kappa shape index (κ3) is 5.43. The Morgan fingerprint density at radius 1 is 1.05 bits per heavy atom. The topological polar surface area (TPSA) is 75.4 Å². The zero-order valence-electron chi connectivity index (χ0n) is 13.4. The molecule has 1 heterocycles. The van der Waals surface area contributed by atoms with E-state index in [9.17, 15) is 9.59 Å². The number of likely N-dealkylation sites (tertiary alicyclic amines) is 1. The summed E-state index contributed by atoms with van der Waals surface area (Å²) in [6, 6.07) is 0. The molecule has 0 radical (unpaired) electrons. The van der Waals surface area contributed by atoms with Crippen molar-refractivity contribution in [1.82, 2.24) is 10.2 Å². The Balaban J connectivity index is 0.00000242. The lowest BCUT2D eigenvalue weighted by Crippen LogP contribution is -2.38. The molecule has 0 unspecified atom stereocenters. The van der Waals surface area contributed by atoms with E-state index < -0.39 is 0 Å². The number of hydrogen-bond acceptors (Lipinski definition) is 3. The maximum Gasteiger partial charge on any atom is 0.224 e. The van der Waals surface area contributed by atoms with Crippen LogP contribution in [0.1, 0.15) is 51.4 Å². The Hall–Kier alpha value is -0.810. The van der Waals surface area contributed by atoms with Crippen LogP contribution < -0.4 is 11.1 Å². The molecule has 2 amide bonds. The highest BCUT2D eigenvalue weighted by atomic mass is 35.5. The van der Waals surface area contributed by atoms with E-state index in [0.717, 1.165) is 45.2 Å². The van der Waals surface area contributed by atoms with Crippen LogP contribution in [0.5, 0.6) is 0 Å². The molecule has 5 nitrogen and oxygen atoms in total. The lowest BCUT2D eigenvalue weighted by atomic mass is 9.95. The maximum absolute atomic E-state index is 12.1. The Labute approximate surface area is 139 Å². The van der Waals surface area contributed by atoms with E-state index in [2.05, 4.69) is 5.32 Å². The summed E-state index contributed by atoms with van der Waals surface area (Å²) < 4.78 is 0. The first-order valence-electron chi connectivity index (χ1n) is 8.48. The number of nitrogens with zero attached hydrogens (tertiary/aromatic N) is 1. The minimum absolute atomic E-state index is 0. The Bertz CT molecular complexity index is 357. The van der Waals surface area contributed by atoms with Crippen LogP contribution in [0, 0.1) is 11.8 Å². The number of rotatable bonds is 5. The number of nitrogens with one attached hydrogen (secondary N) is 1. The molecular formula is C16H30ClN3O2. The molecule has 1 saturated heterocycles. The van der Waals surface area contributed by atoms with E-state index in [4.69, 9.17) is 5.73 Å². The number of amides is 2. The zero-order valence-corrected chi connectivity index (χ0v) is 14.2. The first kappa shape index (κ1) is 19.2. The summed E-state index contributed by atoms with van der Waals surface area (Å²) in [6.07, 6.45) is 8.18. The Kier molecular flexibility index (Phi) is 8.79. The largest absolute Gasteiger partial charge is 0.355 e. The van der Waals surface area contributed by atoms with Crippen molar-refractivity contribution < 1.29 is 9.59 Å². The summed E-state index contributed by atoms with van der Waals surface area (Å²) in [5.41, 5.74) is 5.71. The van der Waals surface area contributed by atoms with Gasteiger partial charge in [0.05, 0.1) is 0 Å². The van der Waals surface area contributed by atoms with E-state index in [-0.39, 0.29) is 30.1 Å². The fourth-order valence-corrected chi connectivity index (χ4v) is 3.57. The van der Waals surface area contributed by atoms with Gasteiger partial charge in [-0.15, -0.1) is 12.4 Å². The van der Waals surface area contributed by atoms with Gasteiger partial charge in [-0.3, -0.25) is 9.59 Å². The molecular weight excluding hydrogens is 302 g/mol. The molecule has 3 N–H and O–H groups in total. The predicted molar refractivity (Wildman–Crippen MR) is 89.8 cm³/mol. The number of nitrogens with two attached hydrogens (primary N) is 1. The Morgan fingerprint density at radius 3 is 2.36 bits per heavy atom. The highest BCUT2D eigenvalue weighted by Crippen LogP contribution is 2.30. The third-order valence-corrected chi connectivity index (χ3v) is 4.90. The van der Waals surface area contributed by atoms with Crippen LogP contribution in [0.3, 0.4) is 0 Å². The van der Waals surface area contributed by atoms with E-state index in [0.29, 0.717) is 25.4 Å². The number of carbonyl (C=O) groups excluding carboxylic acids is 2. The molecule has 1 aliphatic heterocycles. The van der Waals surface area contributed by atoms with Crippen LogP contribution in [0.25, 0.3) is 0 Å². The molecule has 6 heteroatoms. The average Bonchev–Trinajstić information content (AvgIpc) is 2.80. The second-order valence-corrected chi connectivity index (χ2v) is 6.37. The van der Waals surface area contributed by atoms with E-state index in [1.807, 2.05) is 4.90 Å². The van der Waals surface area contributed by atoms with Gasteiger partial charge in [-0.1, -0.05) is 19.3 Å². The molecule has 1 aliphatic carbocycles. The van der Waals surface area contributed by atoms with Crippen molar-refractivity contribution in [2.45, 2.75) is 51.4 Å². The van der Waals surface area contributed by atoms with Crippen molar-refractivity contribution >= 4 is 24.2 Å². The van der Waals surface area contributed by atoms with Gasteiger partial charge >= 0.3 is 0 Å². The van der Waals surface area contributed by atoms with Crippen molar-refractivity contribution in [3.8, 4) is 0 Å². The van der Waals surface area contributed by atoms with E-state index >= 15 is 0 Å². The summed E-state index contributed by atoms with van der Waals surface area (Å²) in [6.45, 7) is 2.81. The minimum Gasteiger partial charge on any atom is -0.355 e. The quantitative estimate of drug-likeness (QED) is 0.805. The Morgan fingerprint density at radius 2 is 1.73 bits per heavy atom. The smallest absolute Gasteiger partial charge is 0.224 e. The number of halogens is 1. The van der Waals surface area contributed by atoms with Crippen molar-refractivity contribution in [1.29, 1.82) is 0 Å². The monoisotopic (exact) mass is 331 g/mol. The number of carbonyl (C=O) groups is 2. The molecule has 128 valence electrons. The van der Waals surface area contributed by atoms with Gasteiger partial charge in [-0.2, -0.15) is 0 Å². The summed E-state index contributed by atoms with van der Waals surface area (Å²) in [4.78, 5) is 26.2. The molecule has 2 fully saturated rings. The lowest BCUT2D eigenvalue weighted by molar-refractivity contribution is -0.131. The third-order valence-electron chi connectivity index (χ3n) is 4.90. The molecule has 2 rings (SSSR count). The second-order valence-electron chi connectivity index (χ2n) is 6.37. The molecule has 0 spiro atoms. The molecule has 0 aromatic rings. The first-order valence-corrected chi connectivity index (χ1v) is 8.48. The summed E-state index contributed by atoms with van der Waals surface area (Å²) in [7, 11) is 0. The fraction of sp³-hybridized carbons (Fsp3) is 0.875. The fourth-order valence-electron chi connectivity index (χ4n) is 3.57. The maximum atomic E-state index is 12.1. The van der Waals surface area contributed by atoms with Gasteiger partial charge in [-0.05, 0) is 38.1 Å². The van der Waals surface area contributed by atoms with Crippen LogP contribution >= 0.6 is 12.4 Å². The minimum atomic E-state index is 0. The van der Waals surface area contributed by atoms with Gasteiger partial charge in [0.15, 0.2) is 0 Å². The predicted octanol–water partition coefficient (Wildman–Crippen LogP) is 1.69. The van der Waals surface area contributed by atoms with Crippen molar-refractivity contribution in [2.75, 3.05) is 26.2 Å². The molecule has 22 heavy (non-hydrogen) atoms. The molecule has 2 atom stereocenters. The van der Waals surface area contributed by atoms with E-state index in [1.54, 1.807) is 0 Å². The highest BCUT2D eigenvalue weighted by molar-refractivity contribution is 5.85. The molecule has 0 aromatic heterocycles. The molecule has 1 saturated carbocycles. The van der Waals surface area contributed by atoms with Gasteiger partial charge in [0.2, 0.25) is 11.8 Å². The molecule has 0 bridgehead atoms. The van der Waals surface area contributed by atoms with Gasteiger partial charge in [-0.25, -0.2) is 0 Å². The summed E-state index contributed by atoms with van der Waals surface area (Å²) in [5, 5.41) is 2.93. The van der Waals surface area contributed by atoms with Crippen LogP contribution in [0.2, 0.25) is 0 Å². The van der Waals surface area contributed by atoms with E-state index in [1.165, 1.54) is 12.8 Å². The highest BCUT2D eigenvalue weighted by Gasteiger charge is 2.31. The molecule has 2 aliphatic rings. The van der Waals surface area contributed by atoms with Crippen LogP contribution in [0.4, 0.5) is 0 Å². The van der Waals surface area contributed by atoms with Crippen molar-refractivity contribution in [3.63, 3.8) is 0 Å². The van der Waals surface area contributed by atoms with Gasteiger partial charge in [0.1, 0.15) is 0 Å². The molecule has 0 aromatic carbocycles. The van der Waals surface area contributed by atoms with Gasteiger partial charge < -0.3 is 16.0 Å². The average molecular weight is 332 g/mol. The van der Waals surface area contributed by atoms with Crippen LogP contribution in [-0.4, -0.2) is 42.9 Å². The normalized spacial score (nSPS) is 25.2. The van der Waals surface area contributed by atoms with Crippen molar-refractivity contribution in [2.24, 2.45) is 17.6 Å². The van der Waals surface area contributed by atoms with Gasteiger partial charge in [0, 0.05) is 32.0 Å². The number of hydrogen-bond donors (Lipinski definition) is 2. The zero-order chi connectivity index (χ0) is 15.1. The standard InChI is InChI=1S/C16H29N3O2.ClH/c17-12-13-6-5-7-14(13)16(21)18-9-8-15(20)19-10-3-1-2-4-11-19;/h13-14H,1-12,17H2,(H,18,21);1H/t13-,14-;/m1./s1. The lowest BCUT2D eigenvalue weighted by Gasteiger charge is -2.21. The first-order chi connectivity index (χ1) is 10.2. The van der Waals surface area contributed by atoms with Gasteiger partial charge in [0.25, 0.3) is 0 Å². The summed E-state index contributed by atoms with van der Waals surface area (Å²) >= 11 is 0. The summed E-state index contributed by atoms with van der Waals surface area (Å²) in [5.74, 6) is 0.653. The second kappa shape index (κ2) is 10.1. The SMILES string of the molecule is Cl.NC[C@H]1CCC[C@H]1C(=O)NCCC(=O)N1CCCCCC1.